The summed E-state index contributed by atoms with van der Waals surface area (Å²) in [5.41, 5.74) is 4.44. The Kier molecular flexibility index (Phi) is 4.00. The Balaban J connectivity index is 1.90. The fraction of sp³-hybridized carbons (Fsp3) is 0.154. The zero-order chi connectivity index (χ0) is 14.7. The normalized spacial score (nSPS) is 11.0. The molecule has 0 radical (unpaired) electrons. The van der Waals surface area contributed by atoms with Crippen LogP contribution in [0.15, 0.2) is 40.5 Å². The van der Waals surface area contributed by atoms with E-state index in [-0.39, 0.29) is 0 Å². The molecule has 1 aromatic carbocycles. The Hall–Kier alpha value is -2.16. The molecule has 0 fully saturated rings. The third-order valence-electron chi connectivity index (χ3n) is 2.74. The van der Waals surface area contributed by atoms with E-state index < -0.39 is 0 Å². The van der Waals surface area contributed by atoms with Gasteiger partial charge in [0.15, 0.2) is 11.0 Å². The van der Waals surface area contributed by atoms with Crippen molar-refractivity contribution in [3.05, 3.63) is 36.2 Å². The molecule has 0 aliphatic heterocycles. The van der Waals surface area contributed by atoms with Crippen LogP contribution in [0.3, 0.4) is 0 Å². The number of imidazole rings is 1. The molecule has 2 heterocycles. The van der Waals surface area contributed by atoms with Crippen LogP contribution in [0.4, 0.5) is 5.82 Å². The van der Waals surface area contributed by atoms with Crippen molar-refractivity contribution in [3.63, 3.8) is 0 Å². The fourth-order valence-electron chi connectivity index (χ4n) is 1.87. The maximum Gasteiger partial charge on any atom is 0.172 e. The second-order valence-corrected chi connectivity index (χ2v) is 5.26. The molecule has 4 N–H and O–H groups in total. The second kappa shape index (κ2) is 6.08. The van der Waals surface area contributed by atoms with Gasteiger partial charge < -0.3 is 15.1 Å². The number of nitrogens with zero attached hydrogens (tertiary/aromatic N) is 3. The van der Waals surface area contributed by atoms with Gasteiger partial charge >= 0.3 is 0 Å². The van der Waals surface area contributed by atoms with Crippen LogP contribution in [0.1, 0.15) is 5.82 Å². The Bertz CT molecular complexity index is 726. The second-order valence-electron chi connectivity index (χ2n) is 4.25. The lowest BCUT2D eigenvalue weighted by molar-refractivity contribution is 0.177. The number of para-hydroxylation sites is 2. The van der Waals surface area contributed by atoms with Gasteiger partial charge in [-0.3, -0.25) is 0 Å². The van der Waals surface area contributed by atoms with Gasteiger partial charge in [0.05, 0.1) is 11.0 Å². The first-order chi connectivity index (χ1) is 10.3. The van der Waals surface area contributed by atoms with E-state index in [4.69, 9.17) is 10.6 Å². The molecule has 0 saturated heterocycles. The summed E-state index contributed by atoms with van der Waals surface area (Å²) < 4.78 is 5.05. The molecule has 3 aromatic rings. The van der Waals surface area contributed by atoms with E-state index in [0.29, 0.717) is 18.2 Å². The van der Waals surface area contributed by atoms with Crippen molar-refractivity contribution in [1.29, 1.82) is 0 Å². The van der Waals surface area contributed by atoms with Gasteiger partial charge in [-0.2, -0.15) is 0 Å². The van der Waals surface area contributed by atoms with E-state index in [1.165, 1.54) is 11.8 Å². The number of aromatic nitrogens is 4. The number of nitrogen functional groups attached to an aromatic ring is 1. The number of fused-ring (bicyclic) bond motifs is 1. The molecule has 0 spiro atoms. The highest BCUT2D eigenvalue weighted by Gasteiger charge is 2.09. The molecular formula is C13H14N6OS. The van der Waals surface area contributed by atoms with Gasteiger partial charge in [0.25, 0.3) is 0 Å². The first-order valence-corrected chi connectivity index (χ1v) is 7.06. The summed E-state index contributed by atoms with van der Waals surface area (Å²) in [4.78, 5) is 16.4. The predicted octanol–water partition coefficient (Wildman–Crippen LogP) is 1.94. The van der Waals surface area contributed by atoms with Gasteiger partial charge in [-0.1, -0.05) is 12.1 Å². The molecule has 0 aliphatic rings. The number of benzene rings is 1. The van der Waals surface area contributed by atoms with Crippen LogP contribution < -0.4 is 11.3 Å². The molecule has 0 atom stereocenters. The molecule has 0 amide bonds. The van der Waals surface area contributed by atoms with Crippen LogP contribution in [-0.2, 0) is 11.3 Å². The smallest absolute Gasteiger partial charge is 0.172 e. The van der Waals surface area contributed by atoms with Crippen LogP contribution >= 0.6 is 11.8 Å². The Morgan fingerprint density at radius 1 is 1.29 bits per heavy atom. The maximum atomic E-state index is 5.42. The average Bonchev–Trinajstić information content (AvgIpc) is 2.89. The zero-order valence-corrected chi connectivity index (χ0v) is 12.1. The fourth-order valence-corrected chi connectivity index (χ4v) is 2.69. The number of hydrazine groups is 1. The van der Waals surface area contributed by atoms with E-state index in [0.717, 1.165) is 21.2 Å². The monoisotopic (exact) mass is 302 g/mol. The lowest BCUT2D eigenvalue weighted by Gasteiger charge is -2.05. The molecule has 0 unspecified atom stereocenters. The van der Waals surface area contributed by atoms with Crippen molar-refractivity contribution in [2.24, 2.45) is 5.84 Å². The summed E-state index contributed by atoms with van der Waals surface area (Å²) in [6.07, 6.45) is 0. The molecule has 108 valence electrons. The van der Waals surface area contributed by atoms with Crippen LogP contribution in [0.5, 0.6) is 0 Å². The van der Waals surface area contributed by atoms with Crippen molar-refractivity contribution < 1.29 is 4.74 Å². The molecule has 21 heavy (non-hydrogen) atoms. The lowest BCUT2D eigenvalue weighted by Crippen LogP contribution is -2.11. The molecular weight excluding hydrogens is 288 g/mol. The van der Waals surface area contributed by atoms with E-state index in [1.54, 1.807) is 13.2 Å². The van der Waals surface area contributed by atoms with Crippen molar-refractivity contribution in [1.82, 2.24) is 19.9 Å². The summed E-state index contributed by atoms with van der Waals surface area (Å²) in [5.74, 6) is 6.52. The van der Waals surface area contributed by atoms with Crippen LogP contribution in [0.25, 0.3) is 11.0 Å². The first kappa shape index (κ1) is 13.8. The van der Waals surface area contributed by atoms with Gasteiger partial charge in [0, 0.05) is 13.2 Å². The van der Waals surface area contributed by atoms with Crippen molar-refractivity contribution in [3.8, 4) is 0 Å². The van der Waals surface area contributed by atoms with Crippen molar-refractivity contribution in [2.75, 3.05) is 12.5 Å². The summed E-state index contributed by atoms with van der Waals surface area (Å²) in [7, 11) is 1.60. The van der Waals surface area contributed by atoms with Gasteiger partial charge in [-0.05, 0) is 23.9 Å². The Labute approximate surface area is 125 Å². The van der Waals surface area contributed by atoms with Crippen molar-refractivity contribution >= 4 is 28.6 Å². The Morgan fingerprint density at radius 3 is 2.90 bits per heavy atom. The highest BCUT2D eigenvalue weighted by molar-refractivity contribution is 7.99. The number of H-pyrrole nitrogens is 1. The minimum absolute atomic E-state index is 0.323. The summed E-state index contributed by atoms with van der Waals surface area (Å²) in [6.45, 7) is 0.323. The molecule has 3 rings (SSSR count). The van der Waals surface area contributed by atoms with Gasteiger partial charge in [0.2, 0.25) is 0 Å². The quantitative estimate of drug-likeness (QED) is 0.376. The van der Waals surface area contributed by atoms with E-state index in [9.17, 15) is 0 Å². The number of nitrogens with one attached hydrogen (secondary N) is 2. The summed E-state index contributed by atoms with van der Waals surface area (Å²) >= 11 is 1.41. The van der Waals surface area contributed by atoms with Gasteiger partial charge in [0.1, 0.15) is 17.5 Å². The summed E-state index contributed by atoms with van der Waals surface area (Å²) in [6, 6.07) is 9.62. The van der Waals surface area contributed by atoms with Crippen molar-refractivity contribution in [2.45, 2.75) is 16.8 Å². The standard InChI is InChI=1S/C13H14N6OS/c1-20-7-11-17-10(19-14)6-12(18-11)21-13-15-8-4-2-3-5-9(8)16-13/h2-6H,7,14H2,1H3,(H,15,16)(H,17,18,19). The van der Waals surface area contributed by atoms with E-state index >= 15 is 0 Å². The highest BCUT2D eigenvalue weighted by atomic mass is 32.2. The minimum atomic E-state index is 0.323. The van der Waals surface area contributed by atoms with Gasteiger partial charge in [-0.15, -0.1) is 0 Å². The predicted molar refractivity (Wildman–Crippen MR) is 80.8 cm³/mol. The van der Waals surface area contributed by atoms with E-state index in [1.807, 2.05) is 24.3 Å². The number of hydrogen-bond acceptors (Lipinski definition) is 7. The minimum Gasteiger partial charge on any atom is -0.377 e. The third-order valence-corrected chi connectivity index (χ3v) is 3.54. The molecule has 8 heteroatoms. The largest absolute Gasteiger partial charge is 0.377 e. The molecule has 0 bridgehead atoms. The number of aromatic amines is 1. The van der Waals surface area contributed by atoms with Gasteiger partial charge in [-0.25, -0.2) is 20.8 Å². The molecule has 7 nitrogen and oxygen atoms in total. The number of nitrogens with two attached hydrogens (primary N) is 1. The zero-order valence-electron chi connectivity index (χ0n) is 11.3. The summed E-state index contributed by atoms with van der Waals surface area (Å²) in [5, 5.41) is 1.50. The number of methoxy groups -OCH3 is 1. The SMILES string of the molecule is COCc1nc(NN)cc(Sc2nc3ccccc3[nH]2)n1. The maximum absolute atomic E-state index is 5.42. The number of hydrogen-bond donors (Lipinski definition) is 3. The lowest BCUT2D eigenvalue weighted by atomic mass is 10.3. The molecule has 2 aromatic heterocycles. The third kappa shape index (κ3) is 3.13. The van der Waals surface area contributed by atoms with Crippen LogP contribution in [0.2, 0.25) is 0 Å². The average molecular weight is 302 g/mol. The highest BCUT2D eigenvalue weighted by Crippen LogP contribution is 2.27. The van der Waals surface area contributed by atoms with Crippen LogP contribution in [-0.4, -0.2) is 27.0 Å². The number of anilines is 1. The number of ether oxygens (including phenoxy) is 1. The molecule has 0 aliphatic carbocycles. The molecule has 0 saturated carbocycles. The van der Waals surface area contributed by atoms with Crippen LogP contribution in [0, 0.1) is 0 Å². The first-order valence-electron chi connectivity index (χ1n) is 6.24. The van der Waals surface area contributed by atoms with E-state index in [2.05, 4.69) is 25.4 Å². The number of rotatable bonds is 5. The topological polar surface area (TPSA) is 102 Å². The Morgan fingerprint density at radius 2 is 2.14 bits per heavy atom.